The number of anilines is 2. The lowest BCUT2D eigenvalue weighted by Gasteiger charge is -2.28. The van der Waals surface area contributed by atoms with Crippen molar-refractivity contribution in [1.82, 2.24) is 14.5 Å². The van der Waals surface area contributed by atoms with Crippen molar-refractivity contribution in [3.05, 3.63) is 56.7 Å². The number of carbonyl (C=O) groups excluding carboxylic acids is 1. The molecule has 1 amide bonds. The van der Waals surface area contributed by atoms with Gasteiger partial charge < -0.3 is 10.6 Å². The molecule has 0 unspecified atom stereocenters. The number of nitrogen functional groups attached to an aromatic ring is 1. The number of nitrogens with one attached hydrogen (secondary N) is 1. The number of aromatic amines is 1. The summed E-state index contributed by atoms with van der Waals surface area (Å²) in [4.78, 5) is 43.7. The SMILES string of the molecule is CC(C)CN(C(=O)CN(C)Cc1ccccc1)c1c(N)n(CC(C)C)c(=O)[nH]c1=O. The molecule has 1 aromatic carbocycles. The molecule has 0 aliphatic heterocycles. The summed E-state index contributed by atoms with van der Waals surface area (Å²) in [5.41, 5.74) is 6.17. The van der Waals surface area contributed by atoms with Crippen LogP contribution in [-0.4, -0.2) is 40.5 Å². The average molecular weight is 416 g/mol. The summed E-state index contributed by atoms with van der Waals surface area (Å²) in [5.74, 6) is 0.0407. The topological polar surface area (TPSA) is 104 Å². The normalized spacial score (nSPS) is 11.5. The predicted octanol–water partition coefficient (Wildman–Crippen LogP) is 1.90. The maximum Gasteiger partial charge on any atom is 0.330 e. The van der Waals surface area contributed by atoms with E-state index in [0.717, 1.165) is 5.56 Å². The third-order valence-corrected chi connectivity index (χ3v) is 4.58. The predicted molar refractivity (Wildman–Crippen MR) is 121 cm³/mol. The van der Waals surface area contributed by atoms with Crippen LogP contribution >= 0.6 is 0 Å². The van der Waals surface area contributed by atoms with Crippen molar-refractivity contribution in [2.24, 2.45) is 11.8 Å². The molecule has 0 aliphatic carbocycles. The van der Waals surface area contributed by atoms with Crippen LogP contribution < -0.4 is 21.9 Å². The maximum absolute atomic E-state index is 13.2. The van der Waals surface area contributed by atoms with Gasteiger partial charge in [-0.2, -0.15) is 0 Å². The summed E-state index contributed by atoms with van der Waals surface area (Å²) < 4.78 is 1.33. The molecule has 1 aromatic heterocycles. The second-order valence-electron chi connectivity index (χ2n) is 8.55. The van der Waals surface area contributed by atoms with E-state index in [2.05, 4.69) is 4.98 Å². The lowest BCUT2D eigenvalue weighted by Crippen LogP contribution is -2.46. The molecule has 164 valence electrons. The Bertz CT molecular complexity index is 963. The van der Waals surface area contributed by atoms with E-state index in [9.17, 15) is 14.4 Å². The van der Waals surface area contributed by atoms with E-state index >= 15 is 0 Å². The first-order valence-electron chi connectivity index (χ1n) is 10.3. The number of hydrogen-bond acceptors (Lipinski definition) is 5. The Labute approximate surface area is 177 Å². The van der Waals surface area contributed by atoms with E-state index in [1.165, 1.54) is 9.47 Å². The fraction of sp³-hybridized carbons (Fsp3) is 0.500. The van der Waals surface area contributed by atoms with Crippen LogP contribution in [0.5, 0.6) is 0 Å². The van der Waals surface area contributed by atoms with Gasteiger partial charge in [-0.25, -0.2) is 4.79 Å². The van der Waals surface area contributed by atoms with Gasteiger partial charge in [-0.05, 0) is 24.4 Å². The van der Waals surface area contributed by atoms with Gasteiger partial charge in [-0.15, -0.1) is 0 Å². The third kappa shape index (κ3) is 6.06. The Balaban J connectivity index is 2.36. The molecule has 2 rings (SSSR count). The second kappa shape index (κ2) is 10.2. The van der Waals surface area contributed by atoms with Gasteiger partial charge in [0.25, 0.3) is 5.56 Å². The monoisotopic (exact) mass is 415 g/mol. The molecule has 0 fully saturated rings. The van der Waals surface area contributed by atoms with Crippen molar-refractivity contribution in [2.75, 3.05) is 30.8 Å². The van der Waals surface area contributed by atoms with Crippen molar-refractivity contribution in [2.45, 2.75) is 40.8 Å². The minimum Gasteiger partial charge on any atom is -0.383 e. The first-order chi connectivity index (χ1) is 14.1. The Morgan fingerprint density at radius 2 is 1.73 bits per heavy atom. The Kier molecular flexibility index (Phi) is 8.00. The zero-order valence-electron chi connectivity index (χ0n) is 18.5. The molecule has 3 N–H and O–H groups in total. The number of hydrogen-bond donors (Lipinski definition) is 2. The first kappa shape index (κ1) is 23.4. The van der Waals surface area contributed by atoms with E-state index in [0.29, 0.717) is 19.6 Å². The summed E-state index contributed by atoms with van der Waals surface area (Å²) in [6, 6.07) is 9.84. The van der Waals surface area contributed by atoms with Gasteiger partial charge in [0.15, 0.2) is 5.69 Å². The number of carbonyl (C=O) groups is 1. The van der Waals surface area contributed by atoms with Crippen LogP contribution in [-0.2, 0) is 17.9 Å². The third-order valence-electron chi connectivity index (χ3n) is 4.58. The molecular weight excluding hydrogens is 382 g/mol. The van der Waals surface area contributed by atoms with Crippen LogP contribution in [0.4, 0.5) is 11.5 Å². The number of rotatable bonds is 9. The fourth-order valence-electron chi connectivity index (χ4n) is 3.33. The van der Waals surface area contributed by atoms with Crippen LogP contribution in [0.25, 0.3) is 0 Å². The molecule has 0 radical (unpaired) electrons. The smallest absolute Gasteiger partial charge is 0.330 e. The van der Waals surface area contributed by atoms with Crippen LogP contribution in [0, 0.1) is 11.8 Å². The highest BCUT2D eigenvalue weighted by Gasteiger charge is 2.26. The number of H-pyrrole nitrogens is 1. The number of benzene rings is 1. The van der Waals surface area contributed by atoms with E-state index in [-0.39, 0.29) is 35.8 Å². The van der Waals surface area contributed by atoms with Gasteiger partial charge in [0.05, 0.1) is 6.54 Å². The molecule has 0 atom stereocenters. The average Bonchev–Trinajstić information content (AvgIpc) is 2.64. The van der Waals surface area contributed by atoms with Crippen molar-refractivity contribution in [3.63, 3.8) is 0 Å². The Hall–Kier alpha value is -2.87. The summed E-state index contributed by atoms with van der Waals surface area (Å²) in [6.07, 6.45) is 0. The number of amides is 1. The highest BCUT2D eigenvalue weighted by atomic mass is 16.2. The van der Waals surface area contributed by atoms with Crippen molar-refractivity contribution in [1.29, 1.82) is 0 Å². The molecule has 30 heavy (non-hydrogen) atoms. The highest BCUT2D eigenvalue weighted by molar-refractivity contribution is 5.96. The van der Waals surface area contributed by atoms with Gasteiger partial charge in [-0.3, -0.25) is 24.0 Å². The number of nitrogens with two attached hydrogens (primary N) is 1. The minimum atomic E-state index is -0.641. The molecule has 8 heteroatoms. The Morgan fingerprint density at radius 1 is 1.10 bits per heavy atom. The quantitative estimate of drug-likeness (QED) is 0.651. The number of likely N-dealkylation sites (N-methyl/N-ethyl adjacent to an activating group) is 1. The lowest BCUT2D eigenvalue weighted by atomic mass is 10.2. The minimum absolute atomic E-state index is 0.0252. The van der Waals surface area contributed by atoms with Gasteiger partial charge in [0, 0.05) is 19.6 Å². The van der Waals surface area contributed by atoms with Gasteiger partial charge in [-0.1, -0.05) is 58.0 Å². The van der Waals surface area contributed by atoms with E-state index in [1.54, 1.807) is 0 Å². The van der Waals surface area contributed by atoms with E-state index in [1.807, 2.05) is 70.0 Å². The van der Waals surface area contributed by atoms with Crippen LogP contribution in [0.2, 0.25) is 0 Å². The zero-order chi connectivity index (χ0) is 22.4. The van der Waals surface area contributed by atoms with Gasteiger partial charge in [0.1, 0.15) is 5.82 Å². The summed E-state index contributed by atoms with van der Waals surface area (Å²) in [7, 11) is 1.85. The summed E-state index contributed by atoms with van der Waals surface area (Å²) in [5, 5.41) is 0. The van der Waals surface area contributed by atoms with Gasteiger partial charge >= 0.3 is 5.69 Å². The number of aromatic nitrogens is 2. The highest BCUT2D eigenvalue weighted by Crippen LogP contribution is 2.19. The van der Waals surface area contributed by atoms with Crippen LogP contribution in [0.1, 0.15) is 33.3 Å². The molecule has 0 saturated carbocycles. The molecule has 0 saturated heterocycles. The summed E-state index contributed by atoms with van der Waals surface area (Å²) >= 11 is 0. The van der Waals surface area contributed by atoms with E-state index in [4.69, 9.17) is 5.73 Å². The van der Waals surface area contributed by atoms with Crippen LogP contribution in [0.15, 0.2) is 39.9 Å². The largest absolute Gasteiger partial charge is 0.383 e. The van der Waals surface area contributed by atoms with Gasteiger partial charge in [0.2, 0.25) is 5.91 Å². The standard InChI is InChI=1S/C22H33N5O3/c1-15(2)11-26(18(28)14-25(5)13-17-9-7-6-8-10-17)19-20(23)27(12-16(3)4)22(30)24-21(19)29/h6-10,15-16H,11-14,23H2,1-5H3,(H,24,29,30). The maximum atomic E-state index is 13.2. The molecule has 0 spiro atoms. The van der Waals surface area contributed by atoms with Crippen molar-refractivity contribution in [3.8, 4) is 0 Å². The van der Waals surface area contributed by atoms with Crippen molar-refractivity contribution >= 4 is 17.4 Å². The fourth-order valence-corrected chi connectivity index (χ4v) is 3.33. The molecule has 1 heterocycles. The first-order valence-corrected chi connectivity index (χ1v) is 10.3. The zero-order valence-corrected chi connectivity index (χ0v) is 18.5. The molecule has 0 bridgehead atoms. The van der Waals surface area contributed by atoms with Crippen molar-refractivity contribution < 1.29 is 4.79 Å². The second-order valence-corrected chi connectivity index (χ2v) is 8.55. The molecule has 8 nitrogen and oxygen atoms in total. The van der Waals surface area contributed by atoms with Crippen LogP contribution in [0.3, 0.4) is 0 Å². The lowest BCUT2D eigenvalue weighted by molar-refractivity contribution is -0.119. The molecule has 0 aliphatic rings. The summed E-state index contributed by atoms with van der Waals surface area (Å²) in [6.45, 7) is 9.21. The number of nitrogens with zero attached hydrogens (tertiary/aromatic N) is 3. The Morgan fingerprint density at radius 3 is 2.30 bits per heavy atom. The molecular formula is C22H33N5O3. The van der Waals surface area contributed by atoms with E-state index < -0.39 is 11.2 Å². The molecule has 2 aromatic rings.